The smallest absolute Gasteiger partial charge is 0.0820 e. The molecule has 0 amide bonds. The first kappa shape index (κ1) is 15.5. The molecule has 2 atom stereocenters. The molecule has 0 radical (unpaired) electrons. The van der Waals surface area contributed by atoms with E-state index in [1.807, 2.05) is 62.5 Å². The maximum atomic E-state index is 12.4. The van der Waals surface area contributed by atoms with E-state index in [4.69, 9.17) is 0 Å². The Kier molecular flexibility index (Phi) is 5.34. The molecule has 1 N–H and O–H groups in total. The van der Waals surface area contributed by atoms with Gasteiger partial charge in [0.25, 0.3) is 0 Å². The average molecular weight is 299 g/mol. The van der Waals surface area contributed by atoms with Gasteiger partial charge in [0, 0.05) is 22.0 Å². The third-order valence-electron chi connectivity index (χ3n) is 3.36. The molecular weight excluding hydrogens is 278 g/mol. The maximum absolute atomic E-state index is 12.4. The fourth-order valence-corrected chi connectivity index (χ4v) is 2.91. The summed E-state index contributed by atoms with van der Waals surface area (Å²) in [4.78, 5) is 1.66. The molecule has 0 bridgehead atoms. The minimum Gasteiger partial charge on any atom is -0.384 e. The lowest BCUT2D eigenvalue weighted by Gasteiger charge is -2.13. The third kappa shape index (κ3) is 4.30. The first-order valence-corrected chi connectivity index (χ1v) is 8.19. The Morgan fingerprint density at radius 3 is 2.33 bits per heavy atom. The summed E-state index contributed by atoms with van der Waals surface area (Å²) in [6.07, 6.45) is 1.85. The summed E-state index contributed by atoms with van der Waals surface area (Å²) in [5.74, 6) is 0. The van der Waals surface area contributed by atoms with Gasteiger partial charge in [-0.15, -0.1) is 0 Å². The quantitative estimate of drug-likeness (QED) is 0.891. The van der Waals surface area contributed by atoms with Gasteiger partial charge in [0.1, 0.15) is 0 Å². The van der Waals surface area contributed by atoms with Gasteiger partial charge in [0.05, 0.1) is 10.8 Å². The van der Waals surface area contributed by atoms with Crippen molar-refractivity contribution in [3.8, 4) is 0 Å². The van der Waals surface area contributed by atoms with Crippen LogP contribution in [0.25, 0.3) is 0 Å². The minimum atomic E-state index is -1.11. The zero-order valence-corrected chi connectivity index (χ0v) is 13.5. The summed E-state index contributed by atoms with van der Waals surface area (Å²) in [7, 11) is -1.11. The first-order chi connectivity index (χ1) is 10.1. The topological polar surface area (TPSA) is 29.1 Å². The van der Waals surface area contributed by atoms with E-state index in [2.05, 4.69) is 24.4 Å². The lowest BCUT2D eigenvalue weighted by Crippen LogP contribution is -2.13. The second kappa shape index (κ2) is 7.23. The van der Waals surface area contributed by atoms with Crippen LogP contribution in [0.3, 0.4) is 0 Å². The van der Waals surface area contributed by atoms with Crippen LogP contribution in [0.2, 0.25) is 0 Å². The zero-order chi connectivity index (χ0) is 15.2. The minimum absolute atomic E-state index is 0.191. The molecular formula is C18H21NOS. The second-order valence-corrected chi connectivity index (χ2v) is 6.79. The van der Waals surface area contributed by atoms with E-state index in [9.17, 15) is 4.21 Å². The van der Waals surface area contributed by atoms with E-state index in [0.717, 1.165) is 9.80 Å². The largest absolute Gasteiger partial charge is 0.384 e. The number of rotatable bonds is 5. The molecule has 2 aromatic rings. The molecule has 3 heteroatoms. The molecule has 21 heavy (non-hydrogen) atoms. The van der Waals surface area contributed by atoms with Gasteiger partial charge >= 0.3 is 0 Å². The summed E-state index contributed by atoms with van der Waals surface area (Å²) in [6.45, 7) is 6.01. The van der Waals surface area contributed by atoms with Gasteiger partial charge in [-0.25, -0.2) is 4.21 Å². The van der Waals surface area contributed by atoms with Crippen LogP contribution >= 0.6 is 0 Å². The van der Waals surface area contributed by atoms with E-state index < -0.39 is 10.8 Å². The third-order valence-corrected chi connectivity index (χ3v) is 4.77. The Morgan fingerprint density at radius 1 is 1.10 bits per heavy atom. The van der Waals surface area contributed by atoms with Crippen molar-refractivity contribution in [3.05, 3.63) is 76.8 Å². The molecule has 1 unspecified atom stereocenters. The summed E-state index contributed by atoms with van der Waals surface area (Å²) in [5.41, 5.74) is 2.39. The molecule has 2 aromatic carbocycles. The van der Waals surface area contributed by atoms with Crippen molar-refractivity contribution >= 4 is 10.8 Å². The predicted molar refractivity (Wildman–Crippen MR) is 89.3 cm³/mol. The molecule has 0 aliphatic heterocycles. The summed E-state index contributed by atoms with van der Waals surface area (Å²) < 4.78 is 12.4. The van der Waals surface area contributed by atoms with Crippen LogP contribution in [0.1, 0.15) is 31.0 Å². The second-order valence-electron chi connectivity index (χ2n) is 5.14. The highest BCUT2D eigenvalue weighted by molar-refractivity contribution is 7.89. The zero-order valence-electron chi connectivity index (χ0n) is 12.7. The van der Waals surface area contributed by atoms with E-state index in [0.29, 0.717) is 0 Å². The molecule has 0 aromatic heterocycles. The highest BCUT2D eigenvalue weighted by Gasteiger charge is 2.07. The van der Waals surface area contributed by atoms with Crippen LogP contribution < -0.4 is 5.32 Å². The number of hydrogen-bond donors (Lipinski definition) is 1. The Balaban J connectivity index is 2.04. The lowest BCUT2D eigenvalue weighted by atomic mass is 10.1. The summed E-state index contributed by atoms with van der Waals surface area (Å²) in [6, 6.07) is 18.2. The SMILES string of the molecule is C/C(=C\N[C@@H](C)c1ccccc1)S(=O)c1ccc(C)cc1. The van der Waals surface area contributed by atoms with E-state index in [1.54, 1.807) is 0 Å². The average Bonchev–Trinajstić information content (AvgIpc) is 2.53. The van der Waals surface area contributed by atoms with Crippen LogP contribution in [0, 0.1) is 6.92 Å². The Morgan fingerprint density at radius 2 is 1.71 bits per heavy atom. The first-order valence-electron chi connectivity index (χ1n) is 7.04. The van der Waals surface area contributed by atoms with Gasteiger partial charge in [0.15, 0.2) is 0 Å². The monoisotopic (exact) mass is 299 g/mol. The number of benzene rings is 2. The van der Waals surface area contributed by atoms with E-state index in [-0.39, 0.29) is 6.04 Å². The molecule has 0 saturated heterocycles. The molecule has 0 fully saturated rings. The molecule has 2 rings (SSSR count). The molecule has 0 saturated carbocycles. The van der Waals surface area contributed by atoms with Crippen molar-refractivity contribution in [2.45, 2.75) is 31.7 Å². The Labute approximate surface area is 129 Å². The number of aryl methyl sites for hydroxylation is 1. The number of hydrogen-bond acceptors (Lipinski definition) is 2. The fraction of sp³-hybridized carbons (Fsp3) is 0.222. The molecule has 110 valence electrons. The summed E-state index contributed by atoms with van der Waals surface area (Å²) >= 11 is 0. The van der Waals surface area contributed by atoms with Crippen molar-refractivity contribution < 1.29 is 4.21 Å². The predicted octanol–water partition coefficient (Wildman–Crippen LogP) is 4.31. The molecule has 0 aliphatic carbocycles. The Bertz CT molecular complexity index is 632. The van der Waals surface area contributed by atoms with Gasteiger partial charge < -0.3 is 5.32 Å². The summed E-state index contributed by atoms with van der Waals surface area (Å²) in [5, 5.41) is 3.31. The van der Waals surface area contributed by atoms with Gasteiger partial charge in [-0.05, 0) is 38.5 Å². The lowest BCUT2D eigenvalue weighted by molar-refractivity contribution is 0.677. The van der Waals surface area contributed by atoms with E-state index in [1.165, 1.54) is 11.1 Å². The Hall–Kier alpha value is -1.87. The van der Waals surface area contributed by atoms with E-state index >= 15 is 0 Å². The van der Waals surface area contributed by atoms with Gasteiger partial charge in [-0.1, -0.05) is 48.0 Å². The number of allylic oxidation sites excluding steroid dienone is 1. The number of nitrogens with one attached hydrogen (secondary N) is 1. The van der Waals surface area contributed by atoms with Crippen molar-refractivity contribution in [1.82, 2.24) is 5.32 Å². The van der Waals surface area contributed by atoms with Crippen LogP contribution in [-0.4, -0.2) is 4.21 Å². The van der Waals surface area contributed by atoms with Crippen LogP contribution in [0.15, 0.2) is 70.6 Å². The van der Waals surface area contributed by atoms with Gasteiger partial charge in [-0.3, -0.25) is 0 Å². The standard InChI is InChI=1S/C18H21NOS/c1-14-9-11-18(12-10-14)21(20)15(2)13-19-16(3)17-7-5-4-6-8-17/h4-13,16,19H,1-3H3/b15-13+/t16-,21?/m0/s1. The highest BCUT2D eigenvalue weighted by Crippen LogP contribution is 2.16. The van der Waals surface area contributed by atoms with Gasteiger partial charge in [-0.2, -0.15) is 0 Å². The van der Waals surface area contributed by atoms with Crippen molar-refractivity contribution in [3.63, 3.8) is 0 Å². The molecule has 0 heterocycles. The van der Waals surface area contributed by atoms with Crippen molar-refractivity contribution in [2.24, 2.45) is 0 Å². The van der Waals surface area contributed by atoms with Crippen molar-refractivity contribution in [2.75, 3.05) is 0 Å². The molecule has 2 nitrogen and oxygen atoms in total. The maximum Gasteiger partial charge on any atom is 0.0820 e. The highest BCUT2D eigenvalue weighted by atomic mass is 32.2. The van der Waals surface area contributed by atoms with Crippen LogP contribution in [-0.2, 0) is 10.8 Å². The molecule has 0 spiro atoms. The van der Waals surface area contributed by atoms with Crippen LogP contribution in [0.5, 0.6) is 0 Å². The molecule has 0 aliphatic rings. The van der Waals surface area contributed by atoms with Crippen molar-refractivity contribution in [1.29, 1.82) is 0 Å². The normalized spacial score (nSPS) is 14.5. The fourth-order valence-electron chi connectivity index (χ4n) is 1.98. The van der Waals surface area contributed by atoms with Gasteiger partial charge in [0.2, 0.25) is 0 Å². The van der Waals surface area contributed by atoms with Crippen LogP contribution in [0.4, 0.5) is 0 Å².